The lowest BCUT2D eigenvalue weighted by atomic mass is 9.79. The van der Waals surface area contributed by atoms with Gasteiger partial charge in [-0.05, 0) is 45.9 Å². The van der Waals surface area contributed by atoms with Crippen molar-refractivity contribution in [3.05, 3.63) is 46.5 Å². The van der Waals surface area contributed by atoms with E-state index in [0.29, 0.717) is 22.3 Å². The zero-order chi connectivity index (χ0) is 25.9. The summed E-state index contributed by atoms with van der Waals surface area (Å²) in [5, 5.41) is 22.1. The van der Waals surface area contributed by atoms with Gasteiger partial charge in [0.05, 0.1) is 9.79 Å². The Hall–Kier alpha value is -2.01. The van der Waals surface area contributed by atoms with Crippen molar-refractivity contribution >= 4 is 9.84 Å². The normalized spacial score (nSPS) is 13.9. The maximum Gasteiger partial charge on any atom is 0.206 e. The number of aromatic hydroxyl groups is 2. The number of sulfone groups is 1. The third-order valence-corrected chi connectivity index (χ3v) is 7.73. The third-order valence-electron chi connectivity index (χ3n) is 6.02. The Morgan fingerprint density at radius 1 is 0.485 bits per heavy atom. The molecule has 0 amide bonds. The van der Waals surface area contributed by atoms with Crippen molar-refractivity contribution in [2.45, 2.75) is 115 Å². The van der Waals surface area contributed by atoms with E-state index in [2.05, 4.69) is 0 Å². The fraction of sp³-hybridized carbons (Fsp3) is 0.571. The standard InChI is InChI=1S/C28H42O4S/c1-25(2,3)19-13-17(14-20(23(19)29)26(4,5)6)33(31,32)18-15-21(27(7,8)9)24(30)22(16-18)28(10,11)12/h13-16,29-30H,1-12H3. The molecule has 0 atom stereocenters. The lowest BCUT2D eigenvalue weighted by Crippen LogP contribution is -2.20. The Morgan fingerprint density at radius 3 is 0.818 bits per heavy atom. The van der Waals surface area contributed by atoms with Crippen LogP contribution in [0, 0.1) is 0 Å². The van der Waals surface area contributed by atoms with Gasteiger partial charge in [0, 0.05) is 22.3 Å². The second kappa shape index (κ2) is 8.04. The highest BCUT2D eigenvalue weighted by Crippen LogP contribution is 2.44. The van der Waals surface area contributed by atoms with Gasteiger partial charge in [-0.25, -0.2) is 8.42 Å². The topological polar surface area (TPSA) is 74.6 Å². The maximum absolute atomic E-state index is 14.0. The van der Waals surface area contributed by atoms with Crippen LogP contribution in [0.25, 0.3) is 0 Å². The van der Waals surface area contributed by atoms with Crippen LogP contribution >= 0.6 is 0 Å². The van der Waals surface area contributed by atoms with E-state index >= 15 is 0 Å². The van der Waals surface area contributed by atoms with Crippen LogP contribution in [-0.2, 0) is 31.5 Å². The van der Waals surface area contributed by atoms with E-state index in [1.165, 1.54) is 0 Å². The number of phenolic OH excluding ortho intramolecular Hbond substituents is 2. The molecule has 0 heterocycles. The fourth-order valence-electron chi connectivity index (χ4n) is 3.95. The van der Waals surface area contributed by atoms with E-state index in [4.69, 9.17) is 0 Å². The first kappa shape index (κ1) is 27.2. The molecule has 0 unspecified atom stereocenters. The quantitative estimate of drug-likeness (QED) is 0.486. The number of phenols is 2. The molecule has 0 saturated carbocycles. The zero-order valence-electron chi connectivity index (χ0n) is 22.4. The van der Waals surface area contributed by atoms with Gasteiger partial charge in [-0.1, -0.05) is 83.1 Å². The van der Waals surface area contributed by atoms with E-state index in [1.54, 1.807) is 24.3 Å². The van der Waals surface area contributed by atoms with Crippen molar-refractivity contribution in [1.82, 2.24) is 0 Å². The van der Waals surface area contributed by atoms with Gasteiger partial charge in [-0.15, -0.1) is 0 Å². The Labute approximate surface area is 201 Å². The summed E-state index contributed by atoms with van der Waals surface area (Å²) in [6.45, 7) is 23.5. The number of benzene rings is 2. The van der Waals surface area contributed by atoms with Gasteiger partial charge in [0.1, 0.15) is 11.5 Å². The highest BCUT2D eigenvalue weighted by atomic mass is 32.2. The molecule has 2 N–H and O–H groups in total. The largest absolute Gasteiger partial charge is 0.507 e. The molecule has 2 rings (SSSR count). The van der Waals surface area contributed by atoms with E-state index in [9.17, 15) is 18.6 Å². The molecule has 0 aliphatic rings. The van der Waals surface area contributed by atoms with Crippen LogP contribution in [0.2, 0.25) is 0 Å². The van der Waals surface area contributed by atoms with Crippen LogP contribution in [0.4, 0.5) is 0 Å². The van der Waals surface area contributed by atoms with Gasteiger partial charge in [0.15, 0.2) is 0 Å². The molecular formula is C28H42O4S. The minimum absolute atomic E-state index is 0.144. The van der Waals surface area contributed by atoms with Gasteiger partial charge < -0.3 is 10.2 Å². The van der Waals surface area contributed by atoms with Crippen LogP contribution in [0.15, 0.2) is 34.1 Å². The first-order valence-electron chi connectivity index (χ1n) is 11.5. The molecule has 0 spiro atoms. The zero-order valence-corrected chi connectivity index (χ0v) is 23.2. The molecule has 4 nitrogen and oxygen atoms in total. The van der Waals surface area contributed by atoms with E-state index in [0.717, 1.165) is 0 Å². The molecule has 0 aliphatic carbocycles. The molecule has 0 saturated heterocycles. The molecule has 0 aliphatic heterocycles. The number of hydrogen-bond donors (Lipinski definition) is 2. The number of hydrogen-bond acceptors (Lipinski definition) is 4. The summed E-state index contributed by atoms with van der Waals surface area (Å²) in [6.07, 6.45) is 0. The van der Waals surface area contributed by atoms with E-state index in [-0.39, 0.29) is 21.3 Å². The van der Waals surface area contributed by atoms with Crippen molar-refractivity contribution in [3.8, 4) is 11.5 Å². The van der Waals surface area contributed by atoms with Crippen LogP contribution in [0.1, 0.15) is 105 Å². The highest BCUT2D eigenvalue weighted by Gasteiger charge is 2.33. The lowest BCUT2D eigenvalue weighted by Gasteiger charge is -2.29. The van der Waals surface area contributed by atoms with Crippen molar-refractivity contribution in [3.63, 3.8) is 0 Å². The molecule has 184 valence electrons. The summed E-state index contributed by atoms with van der Waals surface area (Å²) < 4.78 is 28.0. The molecule has 0 aromatic heterocycles. The second-order valence-electron chi connectivity index (χ2n) is 13.2. The van der Waals surface area contributed by atoms with Crippen LogP contribution < -0.4 is 0 Å². The van der Waals surface area contributed by atoms with Crippen molar-refractivity contribution in [1.29, 1.82) is 0 Å². The second-order valence-corrected chi connectivity index (χ2v) is 15.2. The average Bonchev–Trinajstić information content (AvgIpc) is 2.57. The van der Waals surface area contributed by atoms with E-state index in [1.807, 2.05) is 83.1 Å². The smallest absolute Gasteiger partial charge is 0.206 e. The Bertz CT molecular complexity index is 1000. The van der Waals surface area contributed by atoms with E-state index < -0.39 is 31.5 Å². The minimum Gasteiger partial charge on any atom is -0.507 e. The van der Waals surface area contributed by atoms with Gasteiger partial charge >= 0.3 is 0 Å². The molecule has 2 aromatic carbocycles. The predicted molar refractivity (Wildman–Crippen MR) is 136 cm³/mol. The van der Waals surface area contributed by atoms with Gasteiger partial charge in [-0.2, -0.15) is 0 Å². The molecule has 33 heavy (non-hydrogen) atoms. The SMILES string of the molecule is CC(C)(C)c1cc(S(=O)(=O)c2cc(C(C)(C)C)c(O)c(C(C)(C)C)c2)cc(C(C)(C)C)c1O. The summed E-state index contributed by atoms with van der Waals surface area (Å²) in [5.41, 5.74) is 0.600. The predicted octanol–water partition coefficient (Wildman–Crippen LogP) is 7.12. The van der Waals surface area contributed by atoms with Crippen LogP contribution in [0.3, 0.4) is 0 Å². The molecule has 0 bridgehead atoms. The summed E-state index contributed by atoms with van der Waals surface area (Å²) in [7, 11) is -3.93. The third kappa shape index (κ3) is 5.40. The molecule has 2 aromatic rings. The first-order chi connectivity index (χ1) is 14.5. The summed E-state index contributed by atoms with van der Waals surface area (Å²) in [6, 6.07) is 6.39. The Kier molecular flexibility index (Phi) is 6.64. The average molecular weight is 475 g/mol. The molecule has 5 heteroatoms. The summed E-state index contributed by atoms with van der Waals surface area (Å²) >= 11 is 0. The van der Waals surface area contributed by atoms with Crippen LogP contribution in [-0.4, -0.2) is 18.6 Å². The minimum atomic E-state index is -3.93. The van der Waals surface area contributed by atoms with Crippen LogP contribution in [0.5, 0.6) is 11.5 Å². The summed E-state index contributed by atoms with van der Waals surface area (Å²) in [5.74, 6) is 0.288. The van der Waals surface area contributed by atoms with Crippen molar-refractivity contribution < 1.29 is 18.6 Å². The number of rotatable bonds is 2. The maximum atomic E-state index is 14.0. The summed E-state index contributed by atoms with van der Waals surface area (Å²) in [4.78, 5) is 0.307. The monoisotopic (exact) mass is 474 g/mol. The van der Waals surface area contributed by atoms with Crippen molar-refractivity contribution in [2.24, 2.45) is 0 Å². The Balaban J connectivity index is 2.99. The molecular weight excluding hydrogens is 432 g/mol. The molecule has 0 fully saturated rings. The lowest BCUT2D eigenvalue weighted by molar-refractivity contribution is 0.421. The highest BCUT2D eigenvalue weighted by molar-refractivity contribution is 7.91. The fourth-order valence-corrected chi connectivity index (χ4v) is 5.31. The Morgan fingerprint density at radius 2 is 0.667 bits per heavy atom. The van der Waals surface area contributed by atoms with Gasteiger partial charge in [0.2, 0.25) is 9.84 Å². The van der Waals surface area contributed by atoms with Gasteiger partial charge in [-0.3, -0.25) is 0 Å². The van der Waals surface area contributed by atoms with Gasteiger partial charge in [0.25, 0.3) is 0 Å². The van der Waals surface area contributed by atoms with Crippen molar-refractivity contribution in [2.75, 3.05) is 0 Å². The molecule has 0 radical (unpaired) electrons. The first-order valence-corrected chi connectivity index (χ1v) is 13.0.